The molecule has 0 fully saturated rings. The van der Waals surface area contributed by atoms with E-state index in [1.165, 1.54) is 10.9 Å². The molecule has 10 aromatic rings. The highest BCUT2D eigenvalue weighted by molar-refractivity contribution is 6.21. The molecular formula is C47H29N3O. The molecule has 238 valence electrons. The van der Waals surface area contributed by atoms with Crippen molar-refractivity contribution in [1.29, 1.82) is 0 Å². The van der Waals surface area contributed by atoms with Gasteiger partial charge < -0.3 is 4.42 Å². The topological polar surface area (TPSA) is 51.8 Å². The Morgan fingerprint density at radius 3 is 1.80 bits per heavy atom. The highest BCUT2D eigenvalue weighted by Gasteiger charge is 2.20. The SMILES string of the molecule is c1ccc(-c2ccc(-c3nc(-c4ccccc4)cc(-c4ccc5c(c4)nc(-c4cccc6ccccc46)c4c6ccccc6oc54)n3)cc2)cc1. The van der Waals surface area contributed by atoms with Crippen molar-refractivity contribution in [2.75, 3.05) is 0 Å². The van der Waals surface area contributed by atoms with Gasteiger partial charge in [0.1, 0.15) is 11.2 Å². The number of pyridine rings is 1. The third-order valence-corrected chi connectivity index (χ3v) is 9.69. The van der Waals surface area contributed by atoms with E-state index in [1.54, 1.807) is 0 Å². The molecule has 0 radical (unpaired) electrons. The molecule has 3 heterocycles. The van der Waals surface area contributed by atoms with Gasteiger partial charge in [-0.05, 0) is 46.2 Å². The smallest absolute Gasteiger partial charge is 0.160 e. The summed E-state index contributed by atoms with van der Waals surface area (Å²) < 4.78 is 6.62. The number of hydrogen-bond acceptors (Lipinski definition) is 4. The molecule has 10 rings (SSSR count). The van der Waals surface area contributed by atoms with Crippen molar-refractivity contribution in [2.45, 2.75) is 0 Å². The van der Waals surface area contributed by atoms with Crippen LogP contribution in [0.25, 0.3) is 99.9 Å². The Hall–Kier alpha value is -6.91. The maximum absolute atomic E-state index is 6.62. The van der Waals surface area contributed by atoms with Gasteiger partial charge >= 0.3 is 0 Å². The molecule has 0 aliphatic heterocycles. The minimum Gasteiger partial charge on any atom is -0.455 e. The lowest BCUT2D eigenvalue weighted by Crippen LogP contribution is -1.96. The number of furan rings is 1. The molecule has 4 nitrogen and oxygen atoms in total. The second-order valence-electron chi connectivity index (χ2n) is 12.8. The fourth-order valence-electron chi connectivity index (χ4n) is 7.17. The van der Waals surface area contributed by atoms with Crippen LogP contribution in [0.1, 0.15) is 0 Å². The van der Waals surface area contributed by atoms with Gasteiger partial charge in [0.15, 0.2) is 5.82 Å². The van der Waals surface area contributed by atoms with E-state index in [4.69, 9.17) is 19.4 Å². The van der Waals surface area contributed by atoms with E-state index >= 15 is 0 Å². The van der Waals surface area contributed by atoms with Gasteiger partial charge in [-0.1, -0.05) is 152 Å². The van der Waals surface area contributed by atoms with Crippen molar-refractivity contribution in [2.24, 2.45) is 0 Å². The van der Waals surface area contributed by atoms with Crippen molar-refractivity contribution < 1.29 is 4.42 Å². The van der Waals surface area contributed by atoms with Crippen LogP contribution >= 0.6 is 0 Å². The van der Waals surface area contributed by atoms with E-state index in [9.17, 15) is 0 Å². The van der Waals surface area contributed by atoms with Crippen molar-refractivity contribution in [3.05, 3.63) is 176 Å². The van der Waals surface area contributed by atoms with Crippen LogP contribution in [-0.2, 0) is 0 Å². The summed E-state index contributed by atoms with van der Waals surface area (Å²) in [6, 6.07) is 60.7. The van der Waals surface area contributed by atoms with Gasteiger partial charge in [0, 0.05) is 33.0 Å². The summed E-state index contributed by atoms with van der Waals surface area (Å²) >= 11 is 0. The number of fused-ring (bicyclic) bond motifs is 6. The number of nitrogens with zero attached hydrogens (tertiary/aromatic N) is 3. The molecule has 0 amide bonds. The number of benzene rings is 7. The third-order valence-electron chi connectivity index (χ3n) is 9.69. The van der Waals surface area contributed by atoms with Crippen LogP contribution in [0.15, 0.2) is 180 Å². The molecule has 0 saturated heterocycles. The highest BCUT2D eigenvalue weighted by Crippen LogP contribution is 2.42. The summed E-state index contributed by atoms with van der Waals surface area (Å²) in [5.74, 6) is 0.670. The molecule has 7 aromatic carbocycles. The molecule has 0 aliphatic rings. The lowest BCUT2D eigenvalue weighted by molar-refractivity contribution is 0.672. The van der Waals surface area contributed by atoms with Crippen molar-refractivity contribution in [3.63, 3.8) is 0 Å². The lowest BCUT2D eigenvalue weighted by atomic mass is 9.97. The van der Waals surface area contributed by atoms with Crippen LogP contribution in [0, 0.1) is 0 Å². The molecule has 0 unspecified atom stereocenters. The van der Waals surface area contributed by atoms with Crippen LogP contribution in [0.2, 0.25) is 0 Å². The first kappa shape index (κ1) is 29.0. The normalized spacial score (nSPS) is 11.5. The van der Waals surface area contributed by atoms with E-state index in [-0.39, 0.29) is 0 Å². The van der Waals surface area contributed by atoms with Gasteiger partial charge in [0.25, 0.3) is 0 Å². The monoisotopic (exact) mass is 651 g/mol. The predicted octanol–water partition coefficient (Wildman–Crippen LogP) is 12.4. The summed E-state index contributed by atoms with van der Waals surface area (Å²) in [5.41, 5.74) is 11.5. The molecule has 0 spiro atoms. The van der Waals surface area contributed by atoms with Crippen LogP contribution in [0.5, 0.6) is 0 Å². The van der Waals surface area contributed by atoms with Crippen molar-refractivity contribution in [3.8, 4) is 56.3 Å². The van der Waals surface area contributed by atoms with Gasteiger partial charge in [0.2, 0.25) is 0 Å². The van der Waals surface area contributed by atoms with E-state index in [0.29, 0.717) is 5.82 Å². The second-order valence-corrected chi connectivity index (χ2v) is 12.8. The summed E-state index contributed by atoms with van der Waals surface area (Å²) in [7, 11) is 0. The first-order chi connectivity index (χ1) is 25.3. The molecule has 51 heavy (non-hydrogen) atoms. The van der Waals surface area contributed by atoms with E-state index in [1.807, 2.05) is 36.4 Å². The molecule has 0 atom stereocenters. The van der Waals surface area contributed by atoms with Gasteiger partial charge in [-0.3, -0.25) is 0 Å². The standard InChI is InChI=1S/C47H29N3O/c1-3-12-30(13-4-1)31-22-24-34(25-23-31)47-49-40(33-15-5-2-6-16-33)29-41(50-47)35-26-27-38-42(28-35)48-45(37-20-11-17-32-14-7-8-18-36(32)37)44-39-19-9-10-21-43(39)51-46(38)44/h1-29H. The predicted molar refractivity (Wildman–Crippen MR) is 209 cm³/mol. The van der Waals surface area contributed by atoms with Gasteiger partial charge in [0.05, 0.1) is 28.0 Å². The average molecular weight is 652 g/mol. The Labute approximate surface area is 294 Å². The van der Waals surface area contributed by atoms with Crippen LogP contribution in [0.3, 0.4) is 0 Å². The molecule has 0 bridgehead atoms. The maximum atomic E-state index is 6.62. The minimum atomic E-state index is 0.670. The first-order valence-electron chi connectivity index (χ1n) is 17.1. The number of rotatable bonds is 5. The Bertz CT molecular complexity index is 2890. The van der Waals surface area contributed by atoms with Crippen LogP contribution in [0.4, 0.5) is 0 Å². The quantitative estimate of drug-likeness (QED) is 0.186. The minimum absolute atomic E-state index is 0.670. The van der Waals surface area contributed by atoms with Crippen molar-refractivity contribution in [1.82, 2.24) is 15.0 Å². The lowest BCUT2D eigenvalue weighted by Gasteiger charge is -2.12. The highest BCUT2D eigenvalue weighted by atomic mass is 16.3. The Morgan fingerprint density at radius 1 is 0.392 bits per heavy atom. The van der Waals surface area contributed by atoms with Crippen molar-refractivity contribution >= 4 is 43.6 Å². The van der Waals surface area contributed by atoms with Gasteiger partial charge in [-0.15, -0.1) is 0 Å². The Morgan fingerprint density at radius 2 is 1.00 bits per heavy atom. The molecule has 4 heteroatoms. The fourth-order valence-corrected chi connectivity index (χ4v) is 7.17. The largest absolute Gasteiger partial charge is 0.455 e. The fraction of sp³-hybridized carbons (Fsp3) is 0. The average Bonchev–Trinajstić information content (AvgIpc) is 3.61. The Kier molecular flexibility index (Phi) is 6.78. The molecule has 0 saturated carbocycles. The van der Waals surface area contributed by atoms with E-state index < -0.39 is 0 Å². The zero-order valence-corrected chi connectivity index (χ0v) is 27.5. The Balaban J connectivity index is 1.18. The van der Waals surface area contributed by atoms with Crippen LogP contribution < -0.4 is 0 Å². The molecule has 0 aliphatic carbocycles. The van der Waals surface area contributed by atoms with E-state index in [2.05, 4.69) is 140 Å². The summed E-state index contributed by atoms with van der Waals surface area (Å²) in [6.45, 7) is 0. The summed E-state index contributed by atoms with van der Waals surface area (Å²) in [5, 5.41) is 5.37. The van der Waals surface area contributed by atoms with Gasteiger partial charge in [-0.25, -0.2) is 15.0 Å². The molecule has 0 N–H and O–H groups in total. The first-order valence-corrected chi connectivity index (χ1v) is 17.1. The molecule has 3 aromatic heterocycles. The number of hydrogen-bond donors (Lipinski definition) is 0. The second kappa shape index (κ2) is 11.9. The third kappa shape index (κ3) is 5.04. The summed E-state index contributed by atoms with van der Waals surface area (Å²) in [6.07, 6.45) is 0. The number of para-hydroxylation sites is 1. The molecular weight excluding hydrogens is 623 g/mol. The van der Waals surface area contributed by atoms with E-state index in [0.717, 1.165) is 83.1 Å². The zero-order valence-electron chi connectivity index (χ0n) is 27.5. The zero-order chi connectivity index (χ0) is 33.7. The number of aromatic nitrogens is 3. The van der Waals surface area contributed by atoms with Crippen LogP contribution in [-0.4, -0.2) is 15.0 Å². The van der Waals surface area contributed by atoms with Gasteiger partial charge in [-0.2, -0.15) is 0 Å². The maximum Gasteiger partial charge on any atom is 0.160 e. The summed E-state index contributed by atoms with van der Waals surface area (Å²) in [4.78, 5) is 15.7.